The first kappa shape index (κ1) is 18.0. The second-order valence-electron chi connectivity index (χ2n) is 7.34. The third-order valence-corrected chi connectivity index (χ3v) is 7.33. The highest BCUT2D eigenvalue weighted by Crippen LogP contribution is 2.28. The number of anilines is 1. The normalized spacial score (nSPS) is 18.9. The van der Waals surface area contributed by atoms with E-state index < -0.39 is 10.0 Å². The number of aryl methyl sites for hydroxylation is 1. The van der Waals surface area contributed by atoms with E-state index in [1.165, 1.54) is 15.4 Å². The van der Waals surface area contributed by atoms with Gasteiger partial charge in [-0.3, -0.25) is 9.10 Å². The number of amides is 1. The van der Waals surface area contributed by atoms with Gasteiger partial charge in [-0.15, -0.1) is 0 Å². The van der Waals surface area contributed by atoms with Gasteiger partial charge in [-0.1, -0.05) is 24.3 Å². The lowest BCUT2D eigenvalue weighted by atomic mass is 9.99. The van der Waals surface area contributed by atoms with Gasteiger partial charge < -0.3 is 4.90 Å². The lowest BCUT2D eigenvalue weighted by molar-refractivity contribution is 0.0734. The van der Waals surface area contributed by atoms with E-state index in [0.29, 0.717) is 37.3 Å². The van der Waals surface area contributed by atoms with Gasteiger partial charge in [-0.05, 0) is 61.1 Å². The standard InChI is InChI=1S/C21H24N2O3S/c1-16-14-18(8-9-20(16)23-11-4-5-13-27(23,25)26)21(24)22-12-10-17-6-2-3-7-19(17)15-22/h2-3,6-9,14H,4-5,10-13,15H2,1H3. The number of benzene rings is 2. The Morgan fingerprint density at radius 1 is 1.00 bits per heavy atom. The summed E-state index contributed by atoms with van der Waals surface area (Å²) in [6, 6.07) is 13.6. The van der Waals surface area contributed by atoms with Crippen molar-refractivity contribution in [2.45, 2.75) is 32.7 Å². The maximum atomic E-state index is 13.0. The van der Waals surface area contributed by atoms with Crippen molar-refractivity contribution in [1.29, 1.82) is 0 Å². The Labute approximate surface area is 160 Å². The Morgan fingerprint density at radius 2 is 1.78 bits per heavy atom. The predicted octanol–water partition coefficient (Wildman–Crippen LogP) is 3.12. The van der Waals surface area contributed by atoms with Gasteiger partial charge in [0.2, 0.25) is 10.0 Å². The summed E-state index contributed by atoms with van der Waals surface area (Å²) in [5.41, 5.74) is 4.64. The topological polar surface area (TPSA) is 57.7 Å². The fourth-order valence-electron chi connectivity index (χ4n) is 3.98. The second-order valence-corrected chi connectivity index (χ2v) is 9.35. The monoisotopic (exact) mass is 384 g/mol. The minimum absolute atomic E-state index is 0.000606. The van der Waals surface area contributed by atoms with E-state index in [1.54, 1.807) is 12.1 Å². The third-order valence-electron chi connectivity index (χ3n) is 5.48. The van der Waals surface area contributed by atoms with Crippen molar-refractivity contribution in [3.05, 3.63) is 64.7 Å². The van der Waals surface area contributed by atoms with Crippen LogP contribution >= 0.6 is 0 Å². The molecule has 6 heteroatoms. The Morgan fingerprint density at radius 3 is 2.52 bits per heavy atom. The van der Waals surface area contributed by atoms with Gasteiger partial charge >= 0.3 is 0 Å². The molecule has 5 nitrogen and oxygen atoms in total. The summed E-state index contributed by atoms with van der Waals surface area (Å²) in [7, 11) is -3.25. The van der Waals surface area contributed by atoms with E-state index in [0.717, 1.165) is 18.4 Å². The molecule has 1 amide bonds. The molecule has 2 aromatic carbocycles. The number of rotatable bonds is 2. The van der Waals surface area contributed by atoms with Gasteiger partial charge in [0.05, 0.1) is 11.4 Å². The zero-order valence-corrected chi connectivity index (χ0v) is 16.3. The number of hydrogen-bond donors (Lipinski definition) is 0. The van der Waals surface area contributed by atoms with Crippen molar-refractivity contribution >= 4 is 21.6 Å². The van der Waals surface area contributed by atoms with Crippen LogP contribution in [0.5, 0.6) is 0 Å². The summed E-state index contributed by atoms with van der Waals surface area (Å²) in [5, 5.41) is 0. The summed E-state index contributed by atoms with van der Waals surface area (Å²) in [5.74, 6) is 0.195. The smallest absolute Gasteiger partial charge is 0.254 e. The number of fused-ring (bicyclic) bond motifs is 1. The van der Waals surface area contributed by atoms with Crippen molar-refractivity contribution in [2.75, 3.05) is 23.1 Å². The number of carbonyl (C=O) groups excluding carboxylic acids is 1. The second kappa shape index (κ2) is 7.00. The minimum Gasteiger partial charge on any atom is -0.334 e. The maximum Gasteiger partial charge on any atom is 0.254 e. The van der Waals surface area contributed by atoms with Crippen LogP contribution < -0.4 is 4.31 Å². The molecule has 0 bridgehead atoms. The molecular weight excluding hydrogens is 360 g/mol. The Kier molecular flexibility index (Phi) is 4.68. The number of sulfonamides is 1. The highest BCUT2D eigenvalue weighted by molar-refractivity contribution is 7.92. The van der Waals surface area contributed by atoms with E-state index in [9.17, 15) is 13.2 Å². The van der Waals surface area contributed by atoms with Gasteiger partial charge in [0, 0.05) is 25.2 Å². The molecule has 2 aromatic rings. The van der Waals surface area contributed by atoms with Gasteiger partial charge in [-0.2, -0.15) is 0 Å². The molecule has 0 radical (unpaired) electrons. The predicted molar refractivity (Wildman–Crippen MR) is 106 cm³/mol. The van der Waals surface area contributed by atoms with Crippen molar-refractivity contribution in [2.24, 2.45) is 0 Å². The maximum absolute atomic E-state index is 13.0. The van der Waals surface area contributed by atoms with Crippen molar-refractivity contribution in [3.63, 3.8) is 0 Å². The fourth-order valence-corrected chi connectivity index (χ4v) is 5.68. The zero-order chi connectivity index (χ0) is 19.0. The highest BCUT2D eigenvalue weighted by Gasteiger charge is 2.28. The molecular formula is C21H24N2O3S. The molecule has 2 aliphatic heterocycles. The van der Waals surface area contributed by atoms with Gasteiger partial charge in [-0.25, -0.2) is 8.42 Å². The lowest BCUT2D eigenvalue weighted by Crippen LogP contribution is -2.38. The van der Waals surface area contributed by atoms with Crippen LogP contribution in [-0.2, 0) is 23.0 Å². The third kappa shape index (κ3) is 3.46. The van der Waals surface area contributed by atoms with E-state index in [-0.39, 0.29) is 11.7 Å². The largest absolute Gasteiger partial charge is 0.334 e. The van der Waals surface area contributed by atoms with Gasteiger partial charge in [0.15, 0.2) is 0 Å². The van der Waals surface area contributed by atoms with Crippen molar-refractivity contribution in [1.82, 2.24) is 4.90 Å². The molecule has 0 saturated carbocycles. The Bertz CT molecular complexity index is 985. The van der Waals surface area contributed by atoms with Crippen LogP contribution in [0.15, 0.2) is 42.5 Å². The summed E-state index contributed by atoms with van der Waals surface area (Å²) < 4.78 is 26.2. The lowest BCUT2D eigenvalue weighted by Gasteiger charge is -2.31. The molecule has 1 fully saturated rings. The van der Waals surface area contributed by atoms with Crippen LogP contribution in [0.25, 0.3) is 0 Å². The minimum atomic E-state index is -3.25. The molecule has 4 rings (SSSR count). The zero-order valence-electron chi connectivity index (χ0n) is 15.5. The molecule has 0 aromatic heterocycles. The van der Waals surface area contributed by atoms with Crippen LogP contribution in [0.3, 0.4) is 0 Å². The SMILES string of the molecule is Cc1cc(C(=O)N2CCc3ccccc3C2)ccc1N1CCCCS1(=O)=O. The molecule has 1 saturated heterocycles. The first-order valence-electron chi connectivity index (χ1n) is 9.43. The number of carbonyl (C=O) groups is 1. The van der Waals surface area contributed by atoms with Crippen LogP contribution in [0.4, 0.5) is 5.69 Å². The van der Waals surface area contributed by atoms with E-state index in [1.807, 2.05) is 30.0 Å². The Balaban J connectivity index is 1.57. The average molecular weight is 385 g/mol. The molecule has 0 N–H and O–H groups in total. The molecule has 0 unspecified atom stereocenters. The quantitative estimate of drug-likeness (QED) is 0.799. The molecule has 27 heavy (non-hydrogen) atoms. The van der Waals surface area contributed by atoms with Gasteiger partial charge in [0.1, 0.15) is 0 Å². The number of hydrogen-bond acceptors (Lipinski definition) is 3. The number of nitrogens with zero attached hydrogens (tertiary/aromatic N) is 2. The van der Waals surface area contributed by atoms with Crippen LogP contribution in [0, 0.1) is 6.92 Å². The van der Waals surface area contributed by atoms with Crippen LogP contribution in [0.1, 0.15) is 39.9 Å². The Hall–Kier alpha value is -2.34. The van der Waals surface area contributed by atoms with Crippen molar-refractivity contribution < 1.29 is 13.2 Å². The molecule has 0 aliphatic carbocycles. The highest BCUT2D eigenvalue weighted by atomic mass is 32.2. The van der Waals surface area contributed by atoms with E-state index in [2.05, 4.69) is 12.1 Å². The summed E-state index contributed by atoms with van der Waals surface area (Å²) in [6.07, 6.45) is 2.45. The fraction of sp³-hybridized carbons (Fsp3) is 0.381. The van der Waals surface area contributed by atoms with Crippen LogP contribution in [0.2, 0.25) is 0 Å². The average Bonchev–Trinajstić information content (AvgIpc) is 2.67. The summed E-state index contributed by atoms with van der Waals surface area (Å²) in [4.78, 5) is 14.8. The first-order chi connectivity index (χ1) is 13.0. The van der Waals surface area contributed by atoms with E-state index >= 15 is 0 Å². The van der Waals surface area contributed by atoms with Gasteiger partial charge in [0.25, 0.3) is 5.91 Å². The van der Waals surface area contributed by atoms with Crippen LogP contribution in [-0.4, -0.2) is 38.1 Å². The van der Waals surface area contributed by atoms with E-state index in [4.69, 9.17) is 0 Å². The summed E-state index contributed by atoms with van der Waals surface area (Å²) >= 11 is 0. The first-order valence-corrected chi connectivity index (χ1v) is 11.0. The molecule has 2 aliphatic rings. The molecule has 0 atom stereocenters. The van der Waals surface area contributed by atoms with Crippen molar-refractivity contribution in [3.8, 4) is 0 Å². The molecule has 0 spiro atoms. The summed E-state index contributed by atoms with van der Waals surface area (Å²) in [6.45, 7) is 3.72. The molecule has 2 heterocycles. The molecule has 142 valence electrons.